The van der Waals surface area contributed by atoms with Crippen molar-refractivity contribution in [3.05, 3.63) is 40.3 Å². The number of hydrogen-bond acceptors (Lipinski definition) is 4. The molecule has 0 aliphatic heterocycles. The first-order chi connectivity index (χ1) is 7.08. The van der Waals surface area contributed by atoms with Gasteiger partial charge in [0.25, 0.3) is 5.69 Å². The van der Waals surface area contributed by atoms with Crippen molar-refractivity contribution in [3.63, 3.8) is 0 Å². The molecule has 0 bridgehead atoms. The van der Waals surface area contributed by atoms with Crippen molar-refractivity contribution in [3.8, 4) is 0 Å². The first-order valence-electron chi connectivity index (χ1n) is 3.94. The predicted molar refractivity (Wildman–Crippen MR) is 56.1 cm³/mol. The van der Waals surface area contributed by atoms with E-state index in [0.717, 1.165) is 0 Å². The number of carboxylic acid groups (broad SMARTS) is 1. The second kappa shape index (κ2) is 4.15. The smallest absolute Gasteiger partial charge is 0.356 e. The summed E-state index contributed by atoms with van der Waals surface area (Å²) in [6.07, 6.45) is 2.44. The van der Waals surface area contributed by atoms with Crippen molar-refractivity contribution in [2.45, 2.75) is 0 Å². The second-order valence-electron chi connectivity index (χ2n) is 2.84. The van der Waals surface area contributed by atoms with Crippen LogP contribution in [0.4, 0.5) is 5.69 Å². The summed E-state index contributed by atoms with van der Waals surface area (Å²) < 4.78 is 1.31. The minimum Gasteiger partial charge on any atom is -0.476 e. The number of fused-ring (bicyclic) bond motifs is 1. The molecule has 0 saturated carbocycles. The highest BCUT2D eigenvalue weighted by atomic mass is 35.5. The van der Waals surface area contributed by atoms with E-state index in [-0.39, 0.29) is 23.8 Å². The average molecular weight is 244 g/mol. The van der Waals surface area contributed by atoms with Gasteiger partial charge in [0.2, 0.25) is 0 Å². The molecule has 2 rings (SSSR count). The number of nitrogens with zero attached hydrogens (tertiary/aromatic N) is 3. The second-order valence-corrected chi connectivity index (χ2v) is 2.84. The molecule has 7 nitrogen and oxygen atoms in total. The normalized spacial score (nSPS) is 9.75. The summed E-state index contributed by atoms with van der Waals surface area (Å²) in [6, 6.07) is 2.67. The van der Waals surface area contributed by atoms with E-state index < -0.39 is 10.9 Å². The summed E-state index contributed by atoms with van der Waals surface area (Å²) in [7, 11) is 0. The van der Waals surface area contributed by atoms with Crippen molar-refractivity contribution < 1.29 is 14.8 Å². The Balaban J connectivity index is 0.00000128. The molecule has 84 valence electrons. The fourth-order valence-corrected chi connectivity index (χ4v) is 1.19. The molecule has 0 aliphatic rings. The van der Waals surface area contributed by atoms with Crippen molar-refractivity contribution in [1.29, 1.82) is 0 Å². The van der Waals surface area contributed by atoms with Crippen LogP contribution < -0.4 is 0 Å². The highest BCUT2D eigenvalue weighted by Gasteiger charge is 2.11. The number of imidazole rings is 1. The number of carboxylic acids is 1. The number of rotatable bonds is 2. The van der Waals surface area contributed by atoms with Gasteiger partial charge >= 0.3 is 5.97 Å². The van der Waals surface area contributed by atoms with Gasteiger partial charge in [-0.05, 0) is 6.07 Å². The maximum absolute atomic E-state index is 10.6. The topological polar surface area (TPSA) is 97.7 Å². The third kappa shape index (κ3) is 1.94. The van der Waals surface area contributed by atoms with Gasteiger partial charge in [0, 0.05) is 12.3 Å². The molecular weight excluding hydrogens is 238 g/mol. The van der Waals surface area contributed by atoms with Gasteiger partial charge in [0.15, 0.2) is 5.69 Å². The molecule has 0 atom stereocenters. The van der Waals surface area contributed by atoms with Crippen LogP contribution in [0.2, 0.25) is 0 Å². The van der Waals surface area contributed by atoms with Gasteiger partial charge < -0.3 is 5.11 Å². The standard InChI is InChI=1S/C8H5N3O4.ClH/c12-8(13)6-4-10-3-5(11(14)15)1-2-7(10)9-6;/h1-4H,(H,12,13);1H. The van der Waals surface area contributed by atoms with Crippen LogP contribution in [0.1, 0.15) is 10.5 Å². The lowest BCUT2D eigenvalue weighted by molar-refractivity contribution is -0.385. The van der Waals surface area contributed by atoms with Gasteiger partial charge in [-0.25, -0.2) is 9.78 Å². The highest BCUT2D eigenvalue weighted by Crippen LogP contribution is 2.13. The van der Waals surface area contributed by atoms with E-state index in [0.29, 0.717) is 5.65 Å². The molecule has 0 fully saturated rings. The maximum atomic E-state index is 10.6. The quantitative estimate of drug-likeness (QED) is 0.634. The van der Waals surface area contributed by atoms with Crippen LogP contribution in [-0.2, 0) is 0 Å². The summed E-state index contributed by atoms with van der Waals surface area (Å²) in [6.45, 7) is 0. The molecule has 0 spiro atoms. The zero-order chi connectivity index (χ0) is 11.0. The molecular formula is C8H6ClN3O4. The molecule has 8 heteroatoms. The number of carbonyl (C=O) groups is 1. The molecule has 0 aromatic carbocycles. The van der Waals surface area contributed by atoms with E-state index >= 15 is 0 Å². The molecule has 0 aliphatic carbocycles. The Hall–Kier alpha value is -2.15. The van der Waals surface area contributed by atoms with Crippen LogP contribution in [0.15, 0.2) is 24.5 Å². The lowest BCUT2D eigenvalue weighted by Crippen LogP contribution is -1.94. The highest BCUT2D eigenvalue weighted by molar-refractivity contribution is 5.86. The van der Waals surface area contributed by atoms with Crippen molar-refractivity contribution in [1.82, 2.24) is 9.38 Å². The van der Waals surface area contributed by atoms with E-state index in [2.05, 4.69) is 4.98 Å². The van der Waals surface area contributed by atoms with Gasteiger partial charge in [-0.2, -0.15) is 0 Å². The predicted octanol–water partition coefficient (Wildman–Crippen LogP) is 1.36. The molecule has 16 heavy (non-hydrogen) atoms. The van der Waals surface area contributed by atoms with Crippen LogP contribution in [0.25, 0.3) is 5.65 Å². The van der Waals surface area contributed by atoms with Crippen molar-refractivity contribution in [2.75, 3.05) is 0 Å². The molecule has 2 aromatic heterocycles. The minimum atomic E-state index is -1.17. The van der Waals surface area contributed by atoms with Crippen LogP contribution in [-0.4, -0.2) is 25.4 Å². The van der Waals surface area contributed by atoms with Gasteiger partial charge in [0.1, 0.15) is 5.65 Å². The zero-order valence-electron chi connectivity index (χ0n) is 7.73. The minimum absolute atomic E-state index is 0. The maximum Gasteiger partial charge on any atom is 0.356 e. The summed E-state index contributed by atoms with van der Waals surface area (Å²) in [4.78, 5) is 24.2. The van der Waals surface area contributed by atoms with E-state index in [1.807, 2.05) is 0 Å². The van der Waals surface area contributed by atoms with Crippen LogP contribution in [0.5, 0.6) is 0 Å². The Bertz CT molecular complexity index is 553. The van der Waals surface area contributed by atoms with Gasteiger partial charge in [-0.15, -0.1) is 12.4 Å². The number of nitro groups is 1. The first kappa shape index (κ1) is 11.9. The number of hydrogen-bond donors (Lipinski definition) is 1. The summed E-state index contributed by atoms with van der Waals surface area (Å²) in [5.41, 5.74) is 0.102. The number of aromatic carboxylic acids is 1. The Morgan fingerprint density at radius 3 is 2.69 bits per heavy atom. The Kier molecular flexibility index (Phi) is 3.09. The molecule has 0 unspecified atom stereocenters. The molecule has 0 saturated heterocycles. The van der Waals surface area contributed by atoms with Crippen molar-refractivity contribution in [2.24, 2.45) is 0 Å². The molecule has 0 amide bonds. The molecule has 2 aromatic rings. The molecule has 0 radical (unpaired) electrons. The van der Waals surface area contributed by atoms with Crippen molar-refractivity contribution >= 4 is 29.7 Å². The van der Waals surface area contributed by atoms with Crippen LogP contribution in [0, 0.1) is 10.1 Å². The Labute approximate surface area is 94.9 Å². The number of aromatic nitrogens is 2. The van der Waals surface area contributed by atoms with Crippen LogP contribution >= 0.6 is 12.4 Å². The van der Waals surface area contributed by atoms with Gasteiger partial charge in [0.05, 0.1) is 11.1 Å². The lowest BCUT2D eigenvalue weighted by atomic mass is 10.4. The van der Waals surface area contributed by atoms with E-state index in [4.69, 9.17) is 5.11 Å². The largest absolute Gasteiger partial charge is 0.476 e. The summed E-state index contributed by atoms with van der Waals surface area (Å²) in [5, 5.41) is 19.1. The zero-order valence-corrected chi connectivity index (χ0v) is 8.55. The third-order valence-electron chi connectivity index (χ3n) is 1.87. The van der Waals surface area contributed by atoms with Gasteiger partial charge in [-0.1, -0.05) is 0 Å². The van der Waals surface area contributed by atoms with E-state index in [9.17, 15) is 14.9 Å². The average Bonchev–Trinajstić information content (AvgIpc) is 2.59. The lowest BCUT2D eigenvalue weighted by Gasteiger charge is -1.92. The fourth-order valence-electron chi connectivity index (χ4n) is 1.19. The van der Waals surface area contributed by atoms with E-state index in [1.165, 1.54) is 28.9 Å². The Morgan fingerprint density at radius 2 is 2.12 bits per heavy atom. The first-order valence-corrected chi connectivity index (χ1v) is 3.94. The van der Waals surface area contributed by atoms with E-state index in [1.54, 1.807) is 0 Å². The van der Waals surface area contributed by atoms with Crippen LogP contribution in [0.3, 0.4) is 0 Å². The van der Waals surface area contributed by atoms with Gasteiger partial charge in [-0.3, -0.25) is 14.5 Å². The summed E-state index contributed by atoms with van der Waals surface area (Å²) in [5.74, 6) is -1.17. The SMILES string of the molecule is Cl.O=C(O)c1cn2cc([N+](=O)[O-])ccc2n1. The third-order valence-corrected chi connectivity index (χ3v) is 1.87. The fraction of sp³-hybridized carbons (Fsp3) is 0. The molecule has 2 heterocycles. The Morgan fingerprint density at radius 1 is 1.44 bits per heavy atom. The number of pyridine rings is 1. The molecule has 1 N–H and O–H groups in total. The summed E-state index contributed by atoms with van der Waals surface area (Å²) >= 11 is 0. The monoisotopic (exact) mass is 243 g/mol. The number of halogens is 1.